The van der Waals surface area contributed by atoms with Gasteiger partial charge in [0.2, 0.25) is 0 Å². The molecule has 0 saturated carbocycles. The number of aryl methyl sites for hydroxylation is 1. The highest BCUT2D eigenvalue weighted by Crippen LogP contribution is 2.57. The van der Waals surface area contributed by atoms with E-state index in [-0.39, 0.29) is 5.41 Å². The van der Waals surface area contributed by atoms with Crippen LogP contribution in [0.25, 0.3) is 11.6 Å². The van der Waals surface area contributed by atoms with E-state index in [4.69, 9.17) is 0 Å². The zero-order valence-corrected chi connectivity index (χ0v) is 13.9. The Bertz CT molecular complexity index is 931. The molecule has 0 aliphatic heterocycles. The van der Waals surface area contributed by atoms with Crippen LogP contribution in [0.4, 0.5) is 0 Å². The Kier molecular flexibility index (Phi) is 2.63. The van der Waals surface area contributed by atoms with Gasteiger partial charge >= 0.3 is 0 Å². The van der Waals surface area contributed by atoms with E-state index in [1.54, 1.807) is 6.07 Å². The molecule has 116 valence electrons. The maximum absolute atomic E-state index is 10.4. The van der Waals surface area contributed by atoms with Crippen molar-refractivity contribution >= 4 is 11.6 Å². The number of aromatic hydroxyl groups is 2. The molecule has 4 rings (SSSR count). The Balaban J connectivity index is 2.12. The molecule has 0 heterocycles. The van der Waals surface area contributed by atoms with Gasteiger partial charge in [-0.2, -0.15) is 0 Å². The first-order valence-corrected chi connectivity index (χ1v) is 7.92. The van der Waals surface area contributed by atoms with E-state index >= 15 is 0 Å². The normalized spacial score (nSPS) is 21.2. The van der Waals surface area contributed by atoms with Gasteiger partial charge in [-0.25, -0.2) is 0 Å². The summed E-state index contributed by atoms with van der Waals surface area (Å²) in [5, 5.41) is 20.2. The Morgan fingerprint density at radius 2 is 1.65 bits per heavy atom. The maximum atomic E-state index is 10.4. The average Bonchev–Trinajstić information content (AvgIpc) is 2.98. The molecule has 0 amide bonds. The van der Waals surface area contributed by atoms with Gasteiger partial charge in [0.25, 0.3) is 0 Å². The van der Waals surface area contributed by atoms with Crippen molar-refractivity contribution in [2.45, 2.75) is 33.1 Å². The van der Waals surface area contributed by atoms with Gasteiger partial charge in [0, 0.05) is 0 Å². The minimum Gasteiger partial charge on any atom is -0.508 e. The second-order valence-electron chi connectivity index (χ2n) is 6.75. The van der Waals surface area contributed by atoms with Gasteiger partial charge in [0.1, 0.15) is 11.5 Å². The summed E-state index contributed by atoms with van der Waals surface area (Å²) < 4.78 is 0. The molecule has 2 aromatic rings. The summed E-state index contributed by atoms with van der Waals surface area (Å²) in [7, 11) is 0. The van der Waals surface area contributed by atoms with E-state index in [1.165, 1.54) is 22.3 Å². The van der Waals surface area contributed by atoms with Crippen molar-refractivity contribution in [2.24, 2.45) is 0 Å². The second kappa shape index (κ2) is 4.29. The van der Waals surface area contributed by atoms with Gasteiger partial charge in [-0.1, -0.05) is 29.9 Å². The lowest BCUT2D eigenvalue weighted by Crippen LogP contribution is -2.23. The van der Waals surface area contributed by atoms with E-state index in [0.717, 1.165) is 22.3 Å². The first-order chi connectivity index (χ1) is 10.9. The molecule has 2 heteroatoms. The third-order valence-corrected chi connectivity index (χ3v) is 5.66. The molecular formula is C21H20O2. The van der Waals surface area contributed by atoms with Crippen molar-refractivity contribution < 1.29 is 10.2 Å². The molecule has 0 fully saturated rings. The molecule has 2 N–H and O–H groups in total. The van der Waals surface area contributed by atoms with E-state index in [0.29, 0.717) is 11.5 Å². The topological polar surface area (TPSA) is 40.5 Å². The Hall–Kier alpha value is -2.48. The maximum Gasteiger partial charge on any atom is 0.122 e. The second-order valence-corrected chi connectivity index (χ2v) is 6.75. The van der Waals surface area contributed by atoms with Crippen LogP contribution >= 0.6 is 0 Å². The molecule has 1 spiro atoms. The molecule has 2 nitrogen and oxygen atoms in total. The molecule has 2 aromatic carbocycles. The van der Waals surface area contributed by atoms with Crippen LogP contribution in [-0.4, -0.2) is 10.2 Å². The van der Waals surface area contributed by atoms with Crippen LogP contribution in [0.3, 0.4) is 0 Å². The largest absolute Gasteiger partial charge is 0.508 e. The zero-order chi connectivity index (χ0) is 16.5. The van der Waals surface area contributed by atoms with E-state index in [2.05, 4.69) is 32.1 Å². The minimum absolute atomic E-state index is 0.272. The van der Waals surface area contributed by atoms with Gasteiger partial charge < -0.3 is 10.2 Å². The molecular weight excluding hydrogens is 284 g/mol. The van der Waals surface area contributed by atoms with Crippen molar-refractivity contribution in [1.29, 1.82) is 0 Å². The predicted molar refractivity (Wildman–Crippen MR) is 93.8 cm³/mol. The smallest absolute Gasteiger partial charge is 0.122 e. The molecule has 0 radical (unpaired) electrons. The summed E-state index contributed by atoms with van der Waals surface area (Å²) >= 11 is 0. The molecule has 0 bridgehead atoms. The lowest BCUT2D eigenvalue weighted by molar-refractivity contribution is 0.466. The van der Waals surface area contributed by atoms with Gasteiger partial charge in [-0.3, -0.25) is 0 Å². The SMILES string of the molecule is CC1=C(C)C2(C=Cc3cc(O)ccc32)c2cc(C)c(O)c(C)c21. The summed E-state index contributed by atoms with van der Waals surface area (Å²) in [6.45, 7) is 8.26. The molecule has 1 unspecified atom stereocenters. The fourth-order valence-corrected chi connectivity index (χ4v) is 4.37. The minimum atomic E-state index is -0.272. The summed E-state index contributed by atoms with van der Waals surface area (Å²) in [4.78, 5) is 0. The number of hydrogen-bond acceptors (Lipinski definition) is 2. The number of phenolic OH excluding ortho intramolecular Hbond substituents is 2. The lowest BCUT2D eigenvalue weighted by atomic mass is 9.73. The van der Waals surface area contributed by atoms with Crippen LogP contribution in [-0.2, 0) is 5.41 Å². The quantitative estimate of drug-likeness (QED) is 0.731. The molecule has 23 heavy (non-hydrogen) atoms. The fraction of sp³-hybridized carbons (Fsp3) is 0.238. The van der Waals surface area contributed by atoms with Crippen molar-refractivity contribution in [3.8, 4) is 11.5 Å². The number of hydrogen-bond donors (Lipinski definition) is 2. The summed E-state index contributed by atoms with van der Waals surface area (Å²) in [6.07, 6.45) is 4.33. The van der Waals surface area contributed by atoms with E-state index in [1.807, 2.05) is 26.0 Å². The first kappa shape index (κ1) is 14.1. The van der Waals surface area contributed by atoms with E-state index < -0.39 is 0 Å². The number of phenols is 2. The molecule has 0 aromatic heterocycles. The highest BCUT2D eigenvalue weighted by molar-refractivity contribution is 5.89. The van der Waals surface area contributed by atoms with Crippen LogP contribution in [0.1, 0.15) is 47.2 Å². The highest BCUT2D eigenvalue weighted by atomic mass is 16.3. The first-order valence-electron chi connectivity index (χ1n) is 7.92. The fourth-order valence-electron chi connectivity index (χ4n) is 4.37. The van der Waals surface area contributed by atoms with Crippen LogP contribution < -0.4 is 0 Å². The number of rotatable bonds is 0. The molecule has 2 aliphatic carbocycles. The lowest BCUT2D eigenvalue weighted by Gasteiger charge is -2.29. The van der Waals surface area contributed by atoms with E-state index in [9.17, 15) is 10.2 Å². The average molecular weight is 304 g/mol. The zero-order valence-electron chi connectivity index (χ0n) is 13.9. The standard InChI is InChI=1S/C21H20O2/c1-11-9-18-19(13(3)20(11)23)12(2)14(4)21(18)8-7-15-10-16(22)5-6-17(15)21/h5-10,22-23H,1-4H3. The number of fused-ring (bicyclic) bond motifs is 4. The molecule has 1 atom stereocenters. The number of benzene rings is 2. The van der Waals surface area contributed by atoms with Gasteiger partial charge in [0.15, 0.2) is 0 Å². The summed E-state index contributed by atoms with van der Waals surface area (Å²) in [6, 6.07) is 7.72. The monoisotopic (exact) mass is 304 g/mol. The van der Waals surface area contributed by atoms with Gasteiger partial charge in [-0.05, 0) is 78.8 Å². The third kappa shape index (κ3) is 1.53. The van der Waals surface area contributed by atoms with Crippen LogP contribution in [0.5, 0.6) is 11.5 Å². The van der Waals surface area contributed by atoms with Crippen molar-refractivity contribution in [2.75, 3.05) is 0 Å². The van der Waals surface area contributed by atoms with Crippen LogP contribution in [0.15, 0.2) is 35.9 Å². The van der Waals surface area contributed by atoms with Gasteiger partial charge in [0.05, 0.1) is 5.41 Å². The van der Waals surface area contributed by atoms with Crippen LogP contribution in [0, 0.1) is 13.8 Å². The van der Waals surface area contributed by atoms with Crippen molar-refractivity contribution in [3.05, 3.63) is 69.3 Å². The van der Waals surface area contributed by atoms with Crippen LogP contribution in [0.2, 0.25) is 0 Å². The van der Waals surface area contributed by atoms with Gasteiger partial charge in [-0.15, -0.1) is 0 Å². The number of allylic oxidation sites excluding steroid dienone is 3. The predicted octanol–water partition coefficient (Wildman–Crippen LogP) is 4.83. The highest BCUT2D eigenvalue weighted by Gasteiger charge is 2.45. The molecule has 2 aliphatic rings. The Labute approximate surface area is 136 Å². The third-order valence-electron chi connectivity index (χ3n) is 5.66. The summed E-state index contributed by atoms with van der Waals surface area (Å²) in [5.41, 5.74) is 8.78. The Morgan fingerprint density at radius 1 is 0.913 bits per heavy atom. The Morgan fingerprint density at radius 3 is 2.39 bits per heavy atom. The summed E-state index contributed by atoms with van der Waals surface area (Å²) in [5.74, 6) is 0.681. The van der Waals surface area contributed by atoms with Crippen molar-refractivity contribution in [3.63, 3.8) is 0 Å². The molecule has 0 saturated heterocycles. The van der Waals surface area contributed by atoms with Crippen molar-refractivity contribution in [1.82, 2.24) is 0 Å².